The van der Waals surface area contributed by atoms with Crippen LogP contribution in [-0.2, 0) is 19.0 Å². The van der Waals surface area contributed by atoms with Crippen molar-refractivity contribution in [3.05, 3.63) is 84.5 Å². The lowest BCUT2D eigenvalue weighted by Gasteiger charge is -2.62. The second kappa shape index (κ2) is 13.1. The molecule has 10 heteroatoms. The highest BCUT2D eigenvalue weighted by Gasteiger charge is 2.84. The third-order valence-electron chi connectivity index (χ3n) is 11.1. The van der Waals surface area contributed by atoms with Gasteiger partial charge in [0.15, 0.2) is 5.60 Å². The van der Waals surface area contributed by atoms with Crippen molar-refractivity contribution >= 4 is 11.9 Å². The molecule has 47 heavy (non-hydrogen) atoms. The topological polar surface area (TPSA) is 163 Å². The molecule has 12 atom stereocenters. The molecule has 0 radical (unpaired) electrons. The van der Waals surface area contributed by atoms with Crippen LogP contribution in [0.4, 0.5) is 0 Å². The Labute approximate surface area is 276 Å². The van der Waals surface area contributed by atoms with E-state index in [-0.39, 0.29) is 24.0 Å². The second-order valence-electron chi connectivity index (χ2n) is 14.0. The highest BCUT2D eigenvalue weighted by Crippen LogP contribution is 2.68. The first-order valence-electron chi connectivity index (χ1n) is 16.5. The minimum absolute atomic E-state index is 0.0477. The lowest BCUT2D eigenvalue weighted by atomic mass is 9.52. The number of allylic oxidation sites excluding steroid dienone is 5. The quantitative estimate of drug-likeness (QED) is 0.110. The van der Waals surface area contributed by atoms with E-state index in [2.05, 4.69) is 13.5 Å². The van der Waals surface area contributed by atoms with Crippen LogP contribution < -0.4 is 0 Å². The number of unbranched alkanes of at least 4 members (excludes halogenated alkanes) is 1. The van der Waals surface area contributed by atoms with Gasteiger partial charge in [0.25, 0.3) is 0 Å². The Morgan fingerprint density at radius 3 is 2.40 bits per heavy atom. The molecular weight excluding hydrogens is 604 g/mol. The van der Waals surface area contributed by atoms with Gasteiger partial charge in [0.2, 0.25) is 0 Å². The minimum Gasteiger partial charge on any atom is -0.459 e. The maximum absolute atomic E-state index is 13.1. The van der Waals surface area contributed by atoms with Gasteiger partial charge in [-0.2, -0.15) is 0 Å². The lowest BCUT2D eigenvalue weighted by Crippen LogP contribution is -2.75. The number of hydrogen-bond donors (Lipinski definition) is 5. The largest absolute Gasteiger partial charge is 0.459 e. The minimum atomic E-state index is -2.37. The lowest BCUT2D eigenvalue weighted by molar-refractivity contribution is -0.325. The number of carbonyl (C=O) groups is 2. The van der Waals surface area contributed by atoms with Crippen LogP contribution >= 0.6 is 0 Å². The van der Waals surface area contributed by atoms with Crippen LogP contribution in [0.25, 0.3) is 0 Å². The molecule has 2 bridgehead atoms. The zero-order chi connectivity index (χ0) is 34.4. The summed E-state index contributed by atoms with van der Waals surface area (Å²) in [6, 6.07) is 8.12. The molecule has 1 aromatic carbocycles. The molecule has 4 aliphatic rings. The van der Waals surface area contributed by atoms with Crippen molar-refractivity contribution in [2.75, 3.05) is 6.61 Å². The smallest absolute Gasteiger partial charge is 0.338 e. The van der Waals surface area contributed by atoms with Crippen molar-refractivity contribution in [2.24, 2.45) is 23.7 Å². The number of benzene rings is 1. The molecular formula is C37H48O10. The summed E-state index contributed by atoms with van der Waals surface area (Å²) in [5, 5.41) is 60.8. The molecule has 4 fully saturated rings. The molecule has 2 saturated carbocycles. The van der Waals surface area contributed by atoms with Crippen molar-refractivity contribution in [2.45, 2.75) is 100 Å². The van der Waals surface area contributed by atoms with E-state index in [0.29, 0.717) is 0 Å². The summed E-state index contributed by atoms with van der Waals surface area (Å²) >= 11 is 0. The second-order valence-corrected chi connectivity index (χ2v) is 14.0. The summed E-state index contributed by atoms with van der Waals surface area (Å²) < 4.78 is 18.1. The number of fused-ring (bicyclic) bond motifs is 4. The van der Waals surface area contributed by atoms with E-state index in [1.807, 2.05) is 12.2 Å². The first kappa shape index (κ1) is 35.2. The number of esters is 2. The Morgan fingerprint density at radius 1 is 1.06 bits per heavy atom. The molecule has 2 heterocycles. The Morgan fingerprint density at radius 2 is 1.74 bits per heavy atom. The summed E-state index contributed by atoms with van der Waals surface area (Å²) in [5.41, 5.74) is -7.35. The van der Waals surface area contributed by atoms with Gasteiger partial charge in [0, 0.05) is 17.9 Å². The van der Waals surface area contributed by atoms with Crippen molar-refractivity contribution in [3.8, 4) is 0 Å². The third-order valence-corrected chi connectivity index (χ3v) is 11.1. The van der Waals surface area contributed by atoms with Crippen molar-refractivity contribution in [1.29, 1.82) is 0 Å². The summed E-state index contributed by atoms with van der Waals surface area (Å²) in [7, 11) is 0. The van der Waals surface area contributed by atoms with Crippen LogP contribution in [0.15, 0.2) is 78.9 Å². The normalized spacial score (nSPS) is 42.5. The van der Waals surface area contributed by atoms with Gasteiger partial charge in [-0.05, 0) is 55.7 Å². The predicted octanol–water partition coefficient (Wildman–Crippen LogP) is 3.18. The maximum Gasteiger partial charge on any atom is 0.338 e. The molecule has 5 N–H and O–H groups in total. The van der Waals surface area contributed by atoms with Gasteiger partial charge in [0.05, 0.1) is 17.3 Å². The van der Waals surface area contributed by atoms with Gasteiger partial charge in [-0.25, -0.2) is 9.59 Å². The molecule has 10 nitrogen and oxygen atoms in total. The fourth-order valence-electron chi connectivity index (χ4n) is 8.70. The Balaban J connectivity index is 1.53. The average Bonchev–Trinajstić information content (AvgIpc) is 3.43. The van der Waals surface area contributed by atoms with Crippen molar-refractivity contribution < 1.29 is 49.3 Å². The Kier molecular flexibility index (Phi) is 9.78. The van der Waals surface area contributed by atoms with Crippen LogP contribution in [0.3, 0.4) is 0 Å². The van der Waals surface area contributed by atoms with Gasteiger partial charge in [-0.1, -0.05) is 82.4 Å². The highest BCUT2D eigenvalue weighted by molar-refractivity contribution is 5.89. The fraction of sp³-hybridized carbons (Fsp3) is 0.568. The molecule has 0 unspecified atom stereocenters. The van der Waals surface area contributed by atoms with Crippen LogP contribution in [0.1, 0.15) is 63.7 Å². The number of ether oxygens (including phenoxy) is 3. The Bertz CT molecular complexity index is 1440. The summed E-state index contributed by atoms with van der Waals surface area (Å²) in [4.78, 5) is 26.1. The fourth-order valence-corrected chi connectivity index (χ4v) is 8.70. The van der Waals surface area contributed by atoms with Crippen LogP contribution in [0.2, 0.25) is 0 Å². The molecule has 1 aromatic rings. The van der Waals surface area contributed by atoms with E-state index in [1.165, 1.54) is 24.3 Å². The third kappa shape index (κ3) is 5.53. The first-order valence-corrected chi connectivity index (χ1v) is 16.5. The van der Waals surface area contributed by atoms with Gasteiger partial charge in [-0.15, -0.1) is 0 Å². The predicted molar refractivity (Wildman–Crippen MR) is 173 cm³/mol. The van der Waals surface area contributed by atoms with E-state index < -0.39 is 89.0 Å². The standard InChI is InChI=1S/C37H48O10/c1-6-7-8-9-10-11-15-18-27(38)46-30-23(4)19-26-36(44)24(5)20-34(42,22(2)3)29(39)28(36)31-35(43,33(41)37(26,30)47-31)21-45-32(40)25-16-13-12-14-17-25/h8-18,23-24,26,28-31,33,39,41-44H,2,6-7,19-21H2,1,3-5H3/b9-8+,11-10+,18-15+/t23-,24+,26-,28+,29+,30-,31+,33+,34+,35-,36-,37+/m0/s1. The number of aliphatic hydroxyl groups excluding tert-OH is 2. The average molecular weight is 653 g/mol. The van der Waals surface area contributed by atoms with Crippen LogP contribution in [0, 0.1) is 23.7 Å². The number of hydrogen-bond acceptors (Lipinski definition) is 10. The first-order chi connectivity index (χ1) is 22.2. The zero-order valence-electron chi connectivity index (χ0n) is 27.5. The monoisotopic (exact) mass is 652 g/mol. The molecule has 2 aliphatic carbocycles. The van der Waals surface area contributed by atoms with E-state index in [4.69, 9.17) is 14.2 Å². The number of rotatable bonds is 10. The molecule has 0 aromatic heterocycles. The highest BCUT2D eigenvalue weighted by atomic mass is 16.6. The van der Waals surface area contributed by atoms with Crippen molar-refractivity contribution in [1.82, 2.24) is 0 Å². The molecule has 1 spiro atoms. The van der Waals surface area contributed by atoms with Crippen LogP contribution in [-0.4, -0.2) is 90.9 Å². The summed E-state index contributed by atoms with van der Waals surface area (Å²) in [6.07, 6.45) is 6.12. The molecule has 2 saturated heterocycles. The summed E-state index contributed by atoms with van der Waals surface area (Å²) in [5.74, 6) is -4.88. The van der Waals surface area contributed by atoms with E-state index >= 15 is 0 Å². The van der Waals surface area contributed by atoms with E-state index in [1.54, 1.807) is 51.1 Å². The molecule has 256 valence electrons. The van der Waals surface area contributed by atoms with Crippen LogP contribution in [0.5, 0.6) is 0 Å². The Hall–Kier alpha value is -3.12. The number of aliphatic hydroxyl groups is 5. The SMILES string of the molecule is C=C(C)[C@]1(O)C[C@@H](C)[C@@]2(O)[C@@H]([C@H]3O[C@@]4([C@H](O)[C@]3(O)COC(=O)c3ccccc3)[C@@H](OC(=O)/C=C/C=C/C=C/CCC)[C@@H](C)C[C@@H]24)[C@H]1O. The van der Waals surface area contributed by atoms with Crippen molar-refractivity contribution in [3.63, 3.8) is 0 Å². The molecule has 5 rings (SSSR count). The zero-order valence-corrected chi connectivity index (χ0v) is 27.5. The van der Waals surface area contributed by atoms with E-state index in [9.17, 15) is 35.1 Å². The van der Waals surface area contributed by atoms with Gasteiger partial charge in [-0.3, -0.25) is 0 Å². The number of carbonyl (C=O) groups excluding carboxylic acids is 2. The van der Waals surface area contributed by atoms with Gasteiger partial charge < -0.3 is 39.7 Å². The van der Waals surface area contributed by atoms with Gasteiger partial charge in [0.1, 0.15) is 36.1 Å². The molecule has 0 amide bonds. The van der Waals surface area contributed by atoms with Gasteiger partial charge >= 0.3 is 11.9 Å². The summed E-state index contributed by atoms with van der Waals surface area (Å²) in [6.45, 7) is 10.3. The van der Waals surface area contributed by atoms with E-state index in [0.717, 1.165) is 12.8 Å². The maximum atomic E-state index is 13.1. The molecule has 2 aliphatic heterocycles.